The summed E-state index contributed by atoms with van der Waals surface area (Å²) >= 11 is 0. The Balaban J connectivity index is 1.41. The van der Waals surface area contributed by atoms with E-state index in [-0.39, 0.29) is 6.03 Å². The van der Waals surface area contributed by atoms with E-state index >= 15 is 0 Å². The second-order valence-corrected chi connectivity index (χ2v) is 7.30. The van der Waals surface area contributed by atoms with Gasteiger partial charge >= 0.3 is 6.03 Å². The van der Waals surface area contributed by atoms with Crippen LogP contribution in [-0.2, 0) is 6.54 Å². The highest BCUT2D eigenvalue weighted by Gasteiger charge is 2.42. The number of hydrogen-bond acceptors (Lipinski definition) is 3. The number of carbonyl (C=O) groups is 1. The molecule has 0 radical (unpaired) electrons. The number of H-pyrrole nitrogens is 1. The van der Waals surface area contributed by atoms with Gasteiger partial charge in [-0.25, -0.2) is 9.78 Å². The second kappa shape index (κ2) is 6.86. The number of urea groups is 1. The van der Waals surface area contributed by atoms with Gasteiger partial charge in [0.25, 0.3) is 0 Å². The van der Waals surface area contributed by atoms with Gasteiger partial charge in [-0.3, -0.25) is 5.10 Å². The molecule has 3 unspecified atom stereocenters. The zero-order valence-corrected chi connectivity index (χ0v) is 14.6. The molecular formula is C19H25N5O. The lowest BCUT2D eigenvalue weighted by molar-refractivity contribution is 0.155. The summed E-state index contributed by atoms with van der Waals surface area (Å²) in [6.45, 7) is 2.71. The zero-order valence-electron chi connectivity index (χ0n) is 14.6. The molecule has 2 N–H and O–H groups in total. The molecule has 2 aromatic rings. The maximum Gasteiger partial charge on any atom is 0.318 e. The van der Waals surface area contributed by atoms with Crippen molar-refractivity contribution in [3.63, 3.8) is 0 Å². The Hall–Kier alpha value is -2.37. The Bertz CT molecular complexity index is 729. The monoisotopic (exact) mass is 339 g/mol. The van der Waals surface area contributed by atoms with E-state index in [1.807, 2.05) is 24.3 Å². The third-order valence-electron chi connectivity index (χ3n) is 5.64. The average Bonchev–Trinajstić information content (AvgIpc) is 3.27. The van der Waals surface area contributed by atoms with Crippen LogP contribution in [0.2, 0.25) is 0 Å². The molecule has 1 aliphatic heterocycles. The van der Waals surface area contributed by atoms with Gasteiger partial charge in [0.2, 0.25) is 0 Å². The molecular weight excluding hydrogens is 314 g/mol. The van der Waals surface area contributed by atoms with Gasteiger partial charge < -0.3 is 10.2 Å². The maximum absolute atomic E-state index is 12.8. The lowest BCUT2D eigenvalue weighted by Crippen LogP contribution is -2.47. The van der Waals surface area contributed by atoms with Gasteiger partial charge in [0.1, 0.15) is 6.33 Å². The normalized spacial score (nSPS) is 25.6. The van der Waals surface area contributed by atoms with Crippen molar-refractivity contribution in [3.05, 3.63) is 36.2 Å². The molecule has 6 nitrogen and oxygen atoms in total. The minimum Gasteiger partial charge on any atom is -0.334 e. The molecule has 2 aliphatic rings. The molecule has 0 bridgehead atoms. The number of amides is 2. The molecule has 0 spiro atoms. The Labute approximate surface area is 148 Å². The smallest absolute Gasteiger partial charge is 0.318 e. The Morgan fingerprint density at radius 3 is 3.08 bits per heavy atom. The molecule has 1 aliphatic carbocycles. The quantitative estimate of drug-likeness (QED) is 0.901. The van der Waals surface area contributed by atoms with Gasteiger partial charge in [-0.05, 0) is 43.7 Å². The van der Waals surface area contributed by atoms with Crippen LogP contribution >= 0.6 is 0 Å². The highest BCUT2D eigenvalue weighted by Crippen LogP contribution is 2.39. The van der Waals surface area contributed by atoms with Gasteiger partial charge in [-0.15, -0.1) is 0 Å². The van der Waals surface area contributed by atoms with Crippen LogP contribution in [-0.4, -0.2) is 38.2 Å². The third kappa shape index (κ3) is 3.25. The fourth-order valence-electron chi connectivity index (χ4n) is 4.50. The van der Waals surface area contributed by atoms with E-state index < -0.39 is 0 Å². The van der Waals surface area contributed by atoms with Crippen molar-refractivity contribution >= 4 is 6.03 Å². The van der Waals surface area contributed by atoms with Crippen LogP contribution in [0.15, 0.2) is 30.6 Å². The zero-order chi connectivity index (χ0) is 17.2. The lowest BCUT2D eigenvalue weighted by atomic mass is 9.85. The van der Waals surface area contributed by atoms with E-state index in [4.69, 9.17) is 0 Å². The summed E-state index contributed by atoms with van der Waals surface area (Å²) in [5.74, 6) is 1.44. The van der Waals surface area contributed by atoms with Crippen LogP contribution < -0.4 is 5.32 Å². The lowest BCUT2D eigenvalue weighted by Gasteiger charge is -2.33. The van der Waals surface area contributed by atoms with Crippen molar-refractivity contribution in [2.24, 2.45) is 5.92 Å². The van der Waals surface area contributed by atoms with Crippen LogP contribution in [0.4, 0.5) is 4.79 Å². The van der Waals surface area contributed by atoms with Crippen molar-refractivity contribution in [2.75, 3.05) is 0 Å². The number of likely N-dealkylation sites (tertiary alicyclic amines) is 1. The van der Waals surface area contributed by atoms with Crippen molar-refractivity contribution in [1.29, 1.82) is 0 Å². The maximum atomic E-state index is 12.8. The molecule has 1 saturated heterocycles. The number of aromatic nitrogens is 3. The second-order valence-electron chi connectivity index (χ2n) is 7.30. The number of rotatable bonds is 3. The fraction of sp³-hybridized carbons (Fsp3) is 0.526. The first-order valence-corrected chi connectivity index (χ1v) is 9.23. The Kier molecular flexibility index (Phi) is 4.42. The highest BCUT2D eigenvalue weighted by atomic mass is 16.2. The molecule has 2 amide bonds. The van der Waals surface area contributed by atoms with Crippen LogP contribution in [0.1, 0.15) is 44.6 Å². The average molecular weight is 339 g/mol. The van der Waals surface area contributed by atoms with Crippen LogP contribution in [0.3, 0.4) is 0 Å². The number of nitrogens with one attached hydrogen (secondary N) is 2. The number of hydrogen-bond donors (Lipinski definition) is 2. The Morgan fingerprint density at radius 2 is 2.24 bits per heavy atom. The standard InChI is InChI=1S/C19H25N5O/c1-13-9-15-6-2-3-8-17(15)24(13)19(25)20-11-14-5-4-7-16(10-14)18-21-12-22-23-18/h4-5,7,10,12-13,15,17H,2-3,6,8-9,11H2,1H3,(H,20,25)(H,21,22,23). The first-order valence-electron chi connectivity index (χ1n) is 9.23. The number of nitrogens with zero attached hydrogens (tertiary/aromatic N) is 3. The Morgan fingerprint density at radius 1 is 1.36 bits per heavy atom. The molecule has 1 aromatic carbocycles. The number of carbonyl (C=O) groups excluding carboxylic acids is 1. The highest BCUT2D eigenvalue weighted by molar-refractivity contribution is 5.75. The van der Waals surface area contributed by atoms with Crippen molar-refractivity contribution in [2.45, 2.75) is 57.7 Å². The van der Waals surface area contributed by atoms with Gasteiger partial charge in [-0.1, -0.05) is 31.0 Å². The van der Waals surface area contributed by atoms with Crippen LogP contribution in [0.25, 0.3) is 11.4 Å². The van der Waals surface area contributed by atoms with E-state index in [9.17, 15) is 4.79 Å². The van der Waals surface area contributed by atoms with Gasteiger partial charge in [0.15, 0.2) is 5.82 Å². The molecule has 25 heavy (non-hydrogen) atoms. The van der Waals surface area contributed by atoms with E-state index in [1.165, 1.54) is 25.6 Å². The van der Waals surface area contributed by atoms with Gasteiger partial charge in [-0.2, -0.15) is 5.10 Å². The summed E-state index contributed by atoms with van der Waals surface area (Å²) < 4.78 is 0. The summed E-state index contributed by atoms with van der Waals surface area (Å²) in [5, 5.41) is 9.88. The molecule has 2 fully saturated rings. The number of benzene rings is 1. The summed E-state index contributed by atoms with van der Waals surface area (Å²) in [5.41, 5.74) is 2.04. The van der Waals surface area contributed by atoms with Crippen molar-refractivity contribution < 1.29 is 4.79 Å². The van der Waals surface area contributed by atoms with Crippen LogP contribution in [0.5, 0.6) is 0 Å². The van der Waals surface area contributed by atoms with E-state index in [1.54, 1.807) is 0 Å². The summed E-state index contributed by atoms with van der Waals surface area (Å²) in [6, 6.07) is 8.88. The predicted octanol–water partition coefficient (Wildman–Crippen LogP) is 3.33. The van der Waals surface area contributed by atoms with Gasteiger partial charge in [0, 0.05) is 24.2 Å². The predicted molar refractivity (Wildman–Crippen MR) is 95.7 cm³/mol. The molecule has 1 aromatic heterocycles. The number of fused-ring (bicyclic) bond motifs is 1. The summed E-state index contributed by atoms with van der Waals surface area (Å²) in [4.78, 5) is 19.1. The summed E-state index contributed by atoms with van der Waals surface area (Å²) in [6.07, 6.45) is 7.65. The number of aromatic amines is 1. The molecule has 132 valence electrons. The molecule has 6 heteroatoms. The van der Waals surface area contributed by atoms with Crippen molar-refractivity contribution in [1.82, 2.24) is 25.4 Å². The first-order chi connectivity index (χ1) is 12.2. The molecule has 2 heterocycles. The summed E-state index contributed by atoms with van der Waals surface area (Å²) in [7, 11) is 0. The molecule has 3 atom stereocenters. The largest absolute Gasteiger partial charge is 0.334 e. The minimum absolute atomic E-state index is 0.0759. The van der Waals surface area contributed by atoms with Gasteiger partial charge in [0.05, 0.1) is 0 Å². The minimum atomic E-state index is 0.0759. The van der Waals surface area contributed by atoms with E-state index in [0.717, 1.165) is 29.8 Å². The molecule has 4 rings (SSSR count). The molecule has 1 saturated carbocycles. The first kappa shape index (κ1) is 16.1. The van der Waals surface area contributed by atoms with Crippen molar-refractivity contribution in [3.8, 4) is 11.4 Å². The SMILES string of the molecule is CC1CC2CCCCC2N1C(=O)NCc1cccc(-c2ncn[nH]2)c1. The van der Waals surface area contributed by atoms with E-state index in [0.29, 0.717) is 24.5 Å². The van der Waals surface area contributed by atoms with Crippen LogP contribution in [0, 0.1) is 5.92 Å². The topological polar surface area (TPSA) is 73.9 Å². The third-order valence-corrected chi connectivity index (χ3v) is 5.64. The fourth-order valence-corrected chi connectivity index (χ4v) is 4.50. The van der Waals surface area contributed by atoms with E-state index in [2.05, 4.69) is 32.3 Å².